The minimum atomic E-state index is -0.0728. The molecule has 5 heteroatoms. The van der Waals surface area contributed by atoms with Gasteiger partial charge in [-0.15, -0.1) is 16.7 Å². The topological polar surface area (TPSA) is 39.9 Å². The number of aromatic nitrogens is 3. The number of halogens is 1. The highest BCUT2D eigenvalue weighted by Gasteiger charge is 2.11. The van der Waals surface area contributed by atoms with Crippen LogP contribution in [0.2, 0.25) is 0 Å². The van der Waals surface area contributed by atoms with Gasteiger partial charge in [-0.3, -0.25) is 0 Å². The molecule has 1 aromatic carbocycles. The Kier molecular flexibility index (Phi) is 4.20. The number of hydrogen-bond acceptors (Lipinski definition) is 3. The number of ether oxygens (including phenoxy) is 1. The van der Waals surface area contributed by atoms with Crippen LogP contribution in [0.4, 0.5) is 0 Å². The maximum absolute atomic E-state index is 6.12. The Morgan fingerprint density at radius 1 is 1.39 bits per heavy atom. The third kappa shape index (κ3) is 2.82. The number of benzene rings is 1. The lowest BCUT2D eigenvalue weighted by molar-refractivity contribution is 0.407. The van der Waals surface area contributed by atoms with E-state index in [-0.39, 0.29) is 5.38 Å². The molecular formula is C13H16ClN3O. The van der Waals surface area contributed by atoms with Crippen LogP contribution < -0.4 is 4.74 Å². The largest absolute Gasteiger partial charge is 0.496 e. The fourth-order valence-electron chi connectivity index (χ4n) is 1.75. The summed E-state index contributed by atoms with van der Waals surface area (Å²) >= 11 is 6.12. The van der Waals surface area contributed by atoms with Crippen molar-refractivity contribution in [2.45, 2.75) is 25.3 Å². The predicted octanol–water partition coefficient (Wildman–Crippen LogP) is 3.02. The number of hydrogen-bond donors (Lipinski definition) is 0. The summed E-state index contributed by atoms with van der Waals surface area (Å²) in [5, 5.41) is 8.09. The van der Waals surface area contributed by atoms with Gasteiger partial charge in [-0.1, -0.05) is 30.3 Å². The summed E-state index contributed by atoms with van der Waals surface area (Å²) in [6.45, 7) is 2.65. The van der Waals surface area contributed by atoms with E-state index in [1.54, 1.807) is 11.8 Å². The highest BCUT2D eigenvalue weighted by atomic mass is 35.5. The molecule has 2 aromatic rings. The van der Waals surface area contributed by atoms with Gasteiger partial charge in [0.1, 0.15) is 11.4 Å². The summed E-state index contributed by atoms with van der Waals surface area (Å²) in [5.41, 5.74) is 1.88. The van der Waals surface area contributed by atoms with E-state index in [0.29, 0.717) is 6.54 Å². The molecule has 0 amide bonds. The van der Waals surface area contributed by atoms with Gasteiger partial charge in [0, 0.05) is 5.56 Å². The second kappa shape index (κ2) is 5.87. The van der Waals surface area contributed by atoms with Gasteiger partial charge in [-0.05, 0) is 12.5 Å². The van der Waals surface area contributed by atoms with Crippen molar-refractivity contribution in [3.8, 4) is 5.75 Å². The number of methoxy groups -OCH3 is 1. The van der Waals surface area contributed by atoms with Crippen LogP contribution in [-0.2, 0) is 6.54 Å². The van der Waals surface area contributed by atoms with Gasteiger partial charge in [-0.25, -0.2) is 4.68 Å². The smallest absolute Gasteiger partial charge is 0.123 e. The summed E-state index contributed by atoms with van der Waals surface area (Å²) in [6, 6.07) is 7.87. The molecule has 1 aromatic heterocycles. The van der Waals surface area contributed by atoms with Gasteiger partial charge in [0.2, 0.25) is 0 Å². The minimum absolute atomic E-state index is 0.0728. The summed E-state index contributed by atoms with van der Waals surface area (Å²) in [4.78, 5) is 0. The van der Waals surface area contributed by atoms with Gasteiger partial charge in [0.15, 0.2) is 0 Å². The molecule has 2 rings (SSSR count). The van der Waals surface area contributed by atoms with Crippen molar-refractivity contribution in [2.24, 2.45) is 0 Å². The molecule has 0 aliphatic heterocycles. The van der Waals surface area contributed by atoms with Gasteiger partial charge in [-0.2, -0.15) is 0 Å². The monoisotopic (exact) mass is 265 g/mol. The van der Waals surface area contributed by atoms with E-state index in [1.165, 1.54) is 0 Å². The number of alkyl halides is 1. The molecule has 0 saturated carbocycles. The first-order chi connectivity index (χ1) is 8.74. The van der Waals surface area contributed by atoms with Crippen LogP contribution in [0.25, 0.3) is 0 Å². The van der Waals surface area contributed by atoms with E-state index in [9.17, 15) is 0 Å². The first-order valence-corrected chi connectivity index (χ1v) is 6.34. The predicted molar refractivity (Wildman–Crippen MR) is 71.0 cm³/mol. The van der Waals surface area contributed by atoms with E-state index in [2.05, 4.69) is 10.3 Å². The van der Waals surface area contributed by atoms with Gasteiger partial charge < -0.3 is 4.74 Å². The van der Waals surface area contributed by atoms with E-state index in [0.717, 1.165) is 23.4 Å². The summed E-state index contributed by atoms with van der Waals surface area (Å²) in [6.07, 6.45) is 2.72. The average Bonchev–Trinajstić information content (AvgIpc) is 2.87. The van der Waals surface area contributed by atoms with Crippen LogP contribution in [-0.4, -0.2) is 22.1 Å². The van der Waals surface area contributed by atoms with Crippen molar-refractivity contribution < 1.29 is 4.74 Å². The summed E-state index contributed by atoms with van der Waals surface area (Å²) in [5.74, 6) is 0.854. The molecule has 18 heavy (non-hydrogen) atoms. The number of nitrogens with zero attached hydrogens (tertiary/aromatic N) is 3. The van der Waals surface area contributed by atoms with Crippen molar-refractivity contribution in [1.82, 2.24) is 15.0 Å². The Labute approximate surface area is 112 Å². The molecular weight excluding hydrogens is 250 g/mol. The Morgan fingerprint density at radius 2 is 2.17 bits per heavy atom. The zero-order valence-electron chi connectivity index (χ0n) is 10.5. The summed E-state index contributed by atoms with van der Waals surface area (Å²) in [7, 11) is 1.66. The standard InChI is InChI=1S/C13H16ClN3O/c1-3-11(14)12-9-17(16-15-12)8-10-6-4-5-7-13(10)18-2/h4-7,9,11H,3,8H2,1-2H3. The van der Waals surface area contributed by atoms with Crippen LogP contribution in [0.1, 0.15) is 30.0 Å². The van der Waals surface area contributed by atoms with Crippen molar-refractivity contribution in [3.05, 3.63) is 41.7 Å². The first-order valence-electron chi connectivity index (χ1n) is 5.90. The van der Waals surface area contributed by atoms with Crippen LogP contribution in [0, 0.1) is 0 Å². The fourth-order valence-corrected chi connectivity index (χ4v) is 1.85. The molecule has 0 bridgehead atoms. The van der Waals surface area contributed by atoms with Crippen LogP contribution >= 0.6 is 11.6 Å². The van der Waals surface area contributed by atoms with Crippen molar-refractivity contribution in [1.29, 1.82) is 0 Å². The molecule has 1 unspecified atom stereocenters. The molecule has 0 aliphatic rings. The van der Waals surface area contributed by atoms with E-state index in [4.69, 9.17) is 16.3 Å². The van der Waals surface area contributed by atoms with Gasteiger partial charge >= 0.3 is 0 Å². The summed E-state index contributed by atoms with van der Waals surface area (Å²) < 4.78 is 7.08. The zero-order valence-corrected chi connectivity index (χ0v) is 11.3. The van der Waals surface area contributed by atoms with Gasteiger partial charge in [0.25, 0.3) is 0 Å². The lowest BCUT2D eigenvalue weighted by Gasteiger charge is -2.07. The van der Waals surface area contributed by atoms with Crippen molar-refractivity contribution in [2.75, 3.05) is 7.11 Å². The molecule has 1 heterocycles. The Morgan fingerprint density at radius 3 is 2.89 bits per heavy atom. The van der Waals surface area contributed by atoms with Crippen molar-refractivity contribution >= 4 is 11.6 Å². The van der Waals surface area contributed by atoms with Crippen molar-refractivity contribution in [3.63, 3.8) is 0 Å². The zero-order chi connectivity index (χ0) is 13.0. The molecule has 0 aliphatic carbocycles. The molecule has 0 spiro atoms. The molecule has 4 nitrogen and oxygen atoms in total. The van der Waals surface area contributed by atoms with E-state index >= 15 is 0 Å². The first kappa shape index (κ1) is 12.9. The maximum Gasteiger partial charge on any atom is 0.123 e. The molecule has 0 fully saturated rings. The SMILES string of the molecule is CCC(Cl)c1cn(Cc2ccccc2OC)nn1. The Balaban J connectivity index is 2.16. The Hall–Kier alpha value is -1.55. The molecule has 96 valence electrons. The van der Waals surface area contributed by atoms with Crippen LogP contribution in [0.5, 0.6) is 5.75 Å². The quantitative estimate of drug-likeness (QED) is 0.780. The second-order valence-corrected chi connectivity index (χ2v) is 4.56. The number of rotatable bonds is 5. The van der Waals surface area contributed by atoms with E-state index in [1.807, 2.05) is 37.4 Å². The molecule has 0 N–H and O–H groups in total. The lowest BCUT2D eigenvalue weighted by atomic mass is 10.2. The lowest BCUT2D eigenvalue weighted by Crippen LogP contribution is -2.02. The maximum atomic E-state index is 6.12. The third-order valence-electron chi connectivity index (χ3n) is 2.76. The normalized spacial score (nSPS) is 12.4. The minimum Gasteiger partial charge on any atom is -0.496 e. The van der Waals surface area contributed by atoms with Gasteiger partial charge in [0.05, 0.1) is 25.2 Å². The van der Waals surface area contributed by atoms with Crippen LogP contribution in [0.3, 0.4) is 0 Å². The third-order valence-corrected chi connectivity index (χ3v) is 3.29. The van der Waals surface area contributed by atoms with E-state index < -0.39 is 0 Å². The molecule has 1 atom stereocenters. The number of para-hydroxylation sites is 1. The highest BCUT2D eigenvalue weighted by molar-refractivity contribution is 6.20. The molecule has 0 radical (unpaired) electrons. The highest BCUT2D eigenvalue weighted by Crippen LogP contribution is 2.22. The van der Waals surface area contributed by atoms with Crippen LogP contribution in [0.15, 0.2) is 30.5 Å². The Bertz CT molecular complexity index is 512. The second-order valence-electron chi connectivity index (χ2n) is 4.03. The average molecular weight is 266 g/mol. The molecule has 0 saturated heterocycles. The fraction of sp³-hybridized carbons (Fsp3) is 0.385.